The molecule has 2 nitrogen and oxygen atoms in total. The number of ether oxygens (including phenoxy) is 2. The molecule has 0 amide bonds. The summed E-state index contributed by atoms with van der Waals surface area (Å²) in [5.74, 6) is 0. The van der Waals surface area contributed by atoms with Crippen LogP contribution in [0.15, 0.2) is 0 Å². The van der Waals surface area contributed by atoms with Crippen molar-refractivity contribution in [1.29, 1.82) is 0 Å². The minimum Gasteiger partial charge on any atom is -0.356 e. The first kappa shape index (κ1) is 13.5. The summed E-state index contributed by atoms with van der Waals surface area (Å²) in [6, 6.07) is 0. The zero-order chi connectivity index (χ0) is 11.4. The molecule has 0 rings (SSSR count). The van der Waals surface area contributed by atoms with Gasteiger partial charge in [-0.25, -0.2) is 0 Å². The molecule has 85 valence electrons. The van der Waals surface area contributed by atoms with Gasteiger partial charge in [0.25, 0.3) is 0 Å². The first-order valence-electron chi connectivity index (χ1n) is 3.41. The van der Waals surface area contributed by atoms with Crippen LogP contribution in [0, 0.1) is 6.10 Å². The van der Waals surface area contributed by atoms with Crippen molar-refractivity contribution in [1.82, 2.24) is 0 Å². The monoisotopic (exact) mass is 225 g/mol. The largest absolute Gasteiger partial charge is 0.430 e. The van der Waals surface area contributed by atoms with Gasteiger partial charge in [-0.2, -0.15) is 26.3 Å². The Kier molecular flexibility index (Phi) is 4.66. The first-order valence-corrected chi connectivity index (χ1v) is 3.41. The number of hydrogen-bond donors (Lipinski definition) is 0. The van der Waals surface area contributed by atoms with Crippen molar-refractivity contribution in [3.05, 3.63) is 6.10 Å². The molecule has 0 N–H and O–H groups in total. The summed E-state index contributed by atoms with van der Waals surface area (Å²) in [7, 11) is 0. The molecule has 0 aliphatic heterocycles. The van der Waals surface area contributed by atoms with E-state index in [0.29, 0.717) is 0 Å². The number of halogens is 6. The van der Waals surface area contributed by atoms with E-state index in [1.54, 1.807) is 0 Å². The fraction of sp³-hybridized carbons (Fsp3) is 0.833. The van der Waals surface area contributed by atoms with Gasteiger partial charge in [-0.05, 0) is 6.92 Å². The van der Waals surface area contributed by atoms with Gasteiger partial charge in [0, 0.05) is 6.61 Å². The Morgan fingerprint density at radius 2 is 1.43 bits per heavy atom. The van der Waals surface area contributed by atoms with Gasteiger partial charge >= 0.3 is 18.5 Å². The quantitative estimate of drug-likeness (QED) is 0.416. The Morgan fingerprint density at radius 3 is 1.71 bits per heavy atom. The summed E-state index contributed by atoms with van der Waals surface area (Å²) in [5.41, 5.74) is 0. The lowest BCUT2D eigenvalue weighted by Gasteiger charge is -2.21. The third-order valence-corrected chi connectivity index (χ3v) is 1.01. The van der Waals surface area contributed by atoms with Crippen LogP contribution in [0.4, 0.5) is 26.3 Å². The topological polar surface area (TPSA) is 18.5 Å². The summed E-state index contributed by atoms with van der Waals surface area (Å²) in [6.45, 7) is 0.290. The molecular weight excluding hydrogens is 218 g/mol. The molecular formula is C6H7F6O2. The highest BCUT2D eigenvalue weighted by atomic mass is 19.4. The van der Waals surface area contributed by atoms with Gasteiger partial charge in [0.05, 0.1) is 0 Å². The third-order valence-electron chi connectivity index (χ3n) is 1.01. The van der Waals surface area contributed by atoms with Crippen molar-refractivity contribution in [3.63, 3.8) is 0 Å². The Labute approximate surface area is 75.8 Å². The van der Waals surface area contributed by atoms with Crippen LogP contribution in [0.25, 0.3) is 0 Å². The molecule has 0 aromatic rings. The van der Waals surface area contributed by atoms with Crippen LogP contribution in [0.3, 0.4) is 0 Å². The van der Waals surface area contributed by atoms with Gasteiger partial charge in [-0.15, -0.1) is 0 Å². The lowest BCUT2D eigenvalue weighted by molar-refractivity contribution is -0.276. The van der Waals surface area contributed by atoms with E-state index in [4.69, 9.17) is 0 Å². The lowest BCUT2D eigenvalue weighted by atomic mass is 10.3. The standard InChI is InChI=1S/C6H7F6O2/c1-2-13-3-14-4(5(7,8)9)6(10,11)12/h2-3H2,1H3. The predicted molar refractivity (Wildman–Crippen MR) is 32.9 cm³/mol. The molecule has 0 aliphatic rings. The molecule has 0 aliphatic carbocycles. The highest BCUT2D eigenvalue weighted by Gasteiger charge is 2.59. The van der Waals surface area contributed by atoms with E-state index < -0.39 is 25.2 Å². The summed E-state index contributed by atoms with van der Waals surface area (Å²) in [5, 5.41) is 0. The normalized spacial score (nSPS) is 13.7. The molecule has 0 saturated carbocycles. The zero-order valence-electron chi connectivity index (χ0n) is 7.00. The highest BCUT2D eigenvalue weighted by molar-refractivity contribution is 4.95. The molecule has 0 spiro atoms. The Bertz CT molecular complexity index is 149. The van der Waals surface area contributed by atoms with Gasteiger partial charge < -0.3 is 9.47 Å². The highest BCUT2D eigenvalue weighted by Crippen LogP contribution is 2.41. The molecule has 0 atom stereocenters. The van der Waals surface area contributed by atoms with Gasteiger partial charge in [0.2, 0.25) is 0 Å². The molecule has 14 heavy (non-hydrogen) atoms. The second kappa shape index (κ2) is 4.83. The maximum absolute atomic E-state index is 11.7. The minimum atomic E-state index is -5.56. The molecule has 0 bridgehead atoms. The van der Waals surface area contributed by atoms with E-state index in [-0.39, 0.29) is 6.61 Å². The van der Waals surface area contributed by atoms with E-state index in [1.165, 1.54) is 6.92 Å². The fourth-order valence-electron chi connectivity index (χ4n) is 0.508. The van der Waals surface area contributed by atoms with Crippen molar-refractivity contribution < 1.29 is 35.8 Å². The van der Waals surface area contributed by atoms with Crippen LogP contribution in [-0.2, 0) is 9.47 Å². The molecule has 1 radical (unpaired) electrons. The average molecular weight is 225 g/mol. The van der Waals surface area contributed by atoms with Crippen molar-refractivity contribution in [3.8, 4) is 0 Å². The van der Waals surface area contributed by atoms with Gasteiger partial charge in [0.15, 0.2) is 0 Å². The average Bonchev–Trinajstić information content (AvgIpc) is 1.92. The number of hydrogen-bond acceptors (Lipinski definition) is 2. The summed E-state index contributed by atoms with van der Waals surface area (Å²) in [4.78, 5) is 0. The van der Waals surface area contributed by atoms with E-state index in [1.807, 2.05) is 0 Å². The third kappa shape index (κ3) is 4.66. The van der Waals surface area contributed by atoms with E-state index in [0.717, 1.165) is 0 Å². The smallest absolute Gasteiger partial charge is 0.356 e. The molecule has 0 aromatic carbocycles. The van der Waals surface area contributed by atoms with E-state index in [2.05, 4.69) is 9.47 Å². The van der Waals surface area contributed by atoms with Crippen molar-refractivity contribution >= 4 is 0 Å². The van der Waals surface area contributed by atoms with Crippen molar-refractivity contribution in [2.24, 2.45) is 0 Å². The van der Waals surface area contributed by atoms with Crippen LogP contribution >= 0.6 is 0 Å². The Balaban J connectivity index is 4.28. The van der Waals surface area contributed by atoms with Crippen LogP contribution in [0.1, 0.15) is 6.92 Å². The Hall–Kier alpha value is -0.500. The zero-order valence-corrected chi connectivity index (χ0v) is 7.00. The van der Waals surface area contributed by atoms with Crippen LogP contribution in [0.2, 0.25) is 0 Å². The predicted octanol–water partition coefficient (Wildman–Crippen LogP) is 2.65. The number of alkyl halides is 6. The summed E-state index contributed by atoms with van der Waals surface area (Å²) >= 11 is 0. The van der Waals surface area contributed by atoms with Gasteiger partial charge in [0.1, 0.15) is 6.79 Å². The first-order chi connectivity index (χ1) is 6.19. The molecule has 0 fully saturated rings. The second-order valence-corrected chi connectivity index (χ2v) is 2.08. The van der Waals surface area contributed by atoms with Crippen molar-refractivity contribution in [2.75, 3.05) is 13.4 Å². The lowest BCUT2D eigenvalue weighted by Crippen LogP contribution is -2.36. The van der Waals surface area contributed by atoms with E-state index >= 15 is 0 Å². The molecule has 0 heterocycles. The Morgan fingerprint density at radius 1 is 1.00 bits per heavy atom. The molecule has 0 aromatic heterocycles. The second-order valence-electron chi connectivity index (χ2n) is 2.08. The maximum Gasteiger partial charge on any atom is 0.430 e. The van der Waals surface area contributed by atoms with Crippen LogP contribution < -0.4 is 0 Å². The summed E-state index contributed by atoms with van der Waals surface area (Å²) < 4.78 is 77.9. The summed E-state index contributed by atoms with van der Waals surface area (Å²) in [6.07, 6.45) is -14.0. The van der Waals surface area contributed by atoms with Gasteiger partial charge in [-0.1, -0.05) is 0 Å². The number of rotatable bonds is 4. The minimum absolute atomic E-state index is 0.0387. The van der Waals surface area contributed by atoms with Crippen LogP contribution in [-0.4, -0.2) is 25.8 Å². The SMILES string of the molecule is CCOCO[C](C(F)(F)F)C(F)(F)F. The fourth-order valence-corrected chi connectivity index (χ4v) is 0.508. The molecule has 0 saturated heterocycles. The van der Waals surface area contributed by atoms with Crippen molar-refractivity contribution in [2.45, 2.75) is 19.3 Å². The van der Waals surface area contributed by atoms with E-state index in [9.17, 15) is 26.3 Å². The van der Waals surface area contributed by atoms with Crippen LogP contribution in [0.5, 0.6) is 0 Å². The molecule has 8 heteroatoms. The maximum atomic E-state index is 11.7. The van der Waals surface area contributed by atoms with Gasteiger partial charge in [-0.3, -0.25) is 0 Å². The molecule has 0 unspecified atom stereocenters.